The van der Waals surface area contributed by atoms with Crippen LogP contribution in [0.5, 0.6) is 0 Å². The minimum Gasteiger partial charge on any atom is -0.451 e. The molecule has 2 aromatic rings. The van der Waals surface area contributed by atoms with Crippen molar-refractivity contribution in [1.29, 1.82) is 0 Å². The molecule has 8 heteroatoms. The maximum Gasteiger partial charge on any atom is 0.310 e. The Morgan fingerprint density at radius 2 is 1.85 bits per heavy atom. The lowest BCUT2D eigenvalue weighted by Crippen LogP contribution is -2.39. The zero-order valence-electron chi connectivity index (χ0n) is 14.7. The smallest absolute Gasteiger partial charge is 0.310 e. The molecule has 0 aliphatic rings. The van der Waals surface area contributed by atoms with Crippen LogP contribution in [-0.2, 0) is 14.1 Å². The molecule has 0 saturated carbocycles. The Morgan fingerprint density at radius 1 is 1.15 bits per heavy atom. The maximum absolute atomic E-state index is 13.1. The number of aryl methyl sites for hydroxylation is 1. The standard InChI is InChI=1S/C19H20FN2O4P/c1-12-3-2-4-14(9-12)19(25)21-11-17(23)22-16(10-18(24)26-27)13-5-7-15(20)8-6-13/h2-9,16H,10-11,27H2,1H3,(H,21,25)(H,22,23). The predicted molar refractivity (Wildman–Crippen MR) is 101 cm³/mol. The van der Waals surface area contributed by atoms with Gasteiger partial charge in [-0.1, -0.05) is 29.8 Å². The molecule has 0 aromatic heterocycles. The number of benzene rings is 2. The molecule has 6 nitrogen and oxygen atoms in total. The fourth-order valence-corrected chi connectivity index (χ4v) is 2.55. The number of hydrogen-bond donors (Lipinski definition) is 2. The van der Waals surface area contributed by atoms with Gasteiger partial charge < -0.3 is 15.2 Å². The molecule has 0 bridgehead atoms. The molecule has 0 aliphatic carbocycles. The van der Waals surface area contributed by atoms with Crippen molar-refractivity contribution < 1.29 is 23.3 Å². The summed E-state index contributed by atoms with van der Waals surface area (Å²) in [5, 5.41) is 5.18. The van der Waals surface area contributed by atoms with Gasteiger partial charge in [-0.25, -0.2) is 4.39 Å². The average Bonchev–Trinajstić information content (AvgIpc) is 2.66. The third kappa shape index (κ3) is 6.46. The Labute approximate surface area is 158 Å². The first-order valence-corrected chi connectivity index (χ1v) is 8.65. The van der Waals surface area contributed by atoms with Gasteiger partial charge in [-0.3, -0.25) is 14.4 Å². The monoisotopic (exact) mass is 390 g/mol. The van der Waals surface area contributed by atoms with Gasteiger partial charge in [-0.2, -0.15) is 0 Å². The summed E-state index contributed by atoms with van der Waals surface area (Å²) in [6.45, 7) is 1.60. The van der Waals surface area contributed by atoms with Crippen LogP contribution in [0.4, 0.5) is 4.39 Å². The molecule has 2 aromatic carbocycles. The number of carbonyl (C=O) groups is 3. The molecule has 0 heterocycles. The van der Waals surface area contributed by atoms with E-state index in [1.54, 1.807) is 18.2 Å². The van der Waals surface area contributed by atoms with Crippen molar-refractivity contribution in [2.24, 2.45) is 0 Å². The lowest BCUT2D eigenvalue weighted by atomic mass is 10.0. The molecular weight excluding hydrogens is 370 g/mol. The van der Waals surface area contributed by atoms with E-state index in [0.29, 0.717) is 11.1 Å². The van der Waals surface area contributed by atoms with Crippen LogP contribution < -0.4 is 10.6 Å². The summed E-state index contributed by atoms with van der Waals surface area (Å²) in [7, 11) is 1.84. The number of halogens is 1. The Morgan fingerprint density at radius 3 is 2.48 bits per heavy atom. The summed E-state index contributed by atoms with van der Waals surface area (Å²) in [5.41, 5.74) is 1.93. The summed E-state index contributed by atoms with van der Waals surface area (Å²) in [6, 6.07) is 11.7. The number of carbonyl (C=O) groups excluding carboxylic acids is 3. The van der Waals surface area contributed by atoms with E-state index in [1.807, 2.05) is 22.5 Å². The third-order valence-electron chi connectivity index (χ3n) is 3.80. The summed E-state index contributed by atoms with van der Waals surface area (Å²) >= 11 is 0. The third-order valence-corrected chi connectivity index (χ3v) is 4.06. The van der Waals surface area contributed by atoms with Crippen LogP contribution in [-0.4, -0.2) is 24.3 Å². The Hall–Kier alpha value is -2.79. The average molecular weight is 390 g/mol. The van der Waals surface area contributed by atoms with Gasteiger partial charge in [0.15, 0.2) is 0 Å². The van der Waals surface area contributed by atoms with Crippen LogP contribution in [0.15, 0.2) is 48.5 Å². The van der Waals surface area contributed by atoms with E-state index in [9.17, 15) is 18.8 Å². The van der Waals surface area contributed by atoms with Crippen molar-refractivity contribution in [1.82, 2.24) is 10.6 Å². The van der Waals surface area contributed by atoms with E-state index in [2.05, 4.69) is 15.2 Å². The summed E-state index contributed by atoms with van der Waals surface area (Å²) in [5.74, 6) is -1.85. The minimum absolute atomic E-state index is 0.132. The van der Waals surface area contributed by atoms with E-state index in [-0.39, 0.29) is 18.9 Å². The van der Waals surface area contributed by atoms with E-state index in [1.165, 1.54) is 24.3 Å². The van der Waals surface area contributed by atoms with Gasteiger partial charge in [0.25, 0.3) is 5.91 Å². The first kappa shape index (κ1) is 20.5. The van der Waals surface area contributed by atoms with Crippen LogP contribution in [0, 0.1) is 12.7 Å². The second kappa shape index (κ2) is 9.78. The van der Waals surface area contributed by atoms with Gasteiger partial charge in [0, 0.05) is 5.56 Å². The molecule has 2 unspecified atom stereocenters. The molecule has 27 heavy (non-hydrogen) atoms. The highest BCUT2D eigenvalue weighted by Gasteiger charge is 2.19. The van der Waals surface area contributed by atoms with Crippen molar-refractivity contribution in [3.8, 4) is 0 Å². The van der Waals surface area contributed by atoms with Gasteiger partial charge in [0.05, 0.1) is 28.5 Å². The van der Waals surface area contributed by atoms with Crippen molar-refractivity contribution in [3.63, 3.8) is 0 Å². The van der Waals surface area contributed by atoms with E-state index >= 15 is 0 Å². The van der Waals surface area contributed by atoms with Gasteiger partial charge in [0.2, 0.25) is 5.91 Å². The summed E-state index contributed by atoms with van der Waals surface area (Å²) in [6.07, 6.45) is -0.132. The number of hydrogen-bond acceptors (Lipinski definition) is 4. The van der Waals surface area contributed by atoms with Crippen LogP contribution >= 0.6 is 9.47 Å². The SMILES string of the molecule is Cc1cccc(C(=O)NCC(=O)NC(CC(=O)OP)c2ccc(F)cc2)c1. The molecule has 2 rings (SSSR count). The van der Waals surface area contributed by atoms with Crippen molar-refractivity contribution in [2.45, 2.75) is 19.4 Å². The van der Waals surface area contributed by atoms with Crippen LogP contribution in [0.25, 0.3) is 0 Å². The molecule has 0 spiro atoms. The number of rotatable bonds is 7. The highest BCUT2D eigenvalue weighted by molar-refractivity contribution is 7.10. The zero-order chi connectivity index (χ0) is 19.8. The first-order chi connectivity index (χ1) is 12.9. The molecule has 142 valence electrons. The van der Waals surface area contributed by atoms with Crippen molar-refractivity contribution >= 4 is 27.3 Å². The summed E-state index contributed by atoms with van der Waals surface area (Å²) in [4.78, 5) is 35.9. The lowest BCUT2D eigenvalue weighted by molar-refractivity contribution is -0.134. The molecule has 0 fully saturated rings. The van der Waals surface area contributed by atoms with E-state index < -0.39 is 23.7 Å². The quantitative estimate of drug-likeness (QED) is 0.712. The van der Waals surface area contributed by atoms with E-state index in [0.717, 1.165) is 5.56 Å². The van der Waals surface area contributed by atoms with Crippen molar-refractivity contribution in [3.05, 3.63) is 71.0 Å². The normalized spacial score (nSPS) is 11.4. The fraction of sp³-hybridized carbons (Fsp3) is 0.211. The Bertz CT molecular complexity index is 827. The Balaban J connectivity index is 1.99. The lowest BCUT2D eigenvalue weighted by Gasteiger charge is -2.18. The number of nitrogens with one attached hydrogen (secondary N) is 2. The van der Waals surface area contributed by atoms with Gasteiger partial charge in [0.1, 0.15) is 5.82 Å². The highest BCUT2D eigenvalue weighted by Crippen LogP contribution is 2.18. The molecule has 0 saturated heterocycles. The van der Waals surface area contributed by atoms with Crippen LogP contribution in [0.3, 0.4) is 0 Å². The van der Waals surface area contributed by atoms with Crippen LogP contribution in [0.1, 0.15) is 33.9 Å². The van der Waals surface area contributed by atoms with Gasteiger partial charge >= 0.3 is 5.97 Å². The molecule has 2 atom stereocenters. The maximum atomic E-state index is 13.1. The molecule has 2 amide bonds. The highest BCUT2D eigenvalue weighted by atomic mass is 31.0. The predicted octanol–water partition coefficient (Wildman–Crippen LogP) is 2.44. The molecule has 0 radical (unpaired) electrons. The molecule has 2 N–H and O–H groups in total. The largest absolute Gasteiger partial charge is 0.451 e. The second-order valence-electron chi connectivity index (χ2n) is 5.92. The second-order valence-corrected chi connectivity index (χ2v) is 6.15. The topological polar surface area (TPSA) is 84.5 Å². The Kier molecular flexibility index (Phi) is 7.44. The van der Waals surface area contributed by atoms with Gasteiger partial charge in [-0.15, -0.1) is 0 Å². The fourth-order valence-electron chi connectivity index (χ4n) is 2.46. The molecule has 0 aliphatic heterocycles. The van der Waals surface area contributed by atoms with Crippen LogP contribution in [0.2, 0.25) is 0 Å². The van der Waals surface area contributed by atoms with Gasteiger partial charge in [-0.05, 0) is 36.8 Å². The van der Waals surface area contributed by atoms with Crippen molar-refractivity contribution in [2.75, 3.05) is 6.54 Å². The van der Waals surface area contributed by atoms with E-state index in [4.69, 9.17) is 0 Å². The minimum atomic E-state index is -0.706. The number of amides is 2. The first-order valence-electron chi connectivity index (χ1n) is 8.18. The summed E-state index contributed by atoms with van der Waals surface area (Å²) < 4.78 is 17.7. The molecular formula is C19H20FN2O4P. The zero-order valence-corrected chi connectivity index (χ0v) is 15.9.